The fourth-order valence-electron chi connectivity index (χ4n) is 3.62. The molecule has 180 valence electrons. The Kier molecular flexibility index (Phi) is 7.21. The van der Waals surface area contributed by atoms with E-state index in [0.717, 1.165) is 11.3 Å². The van der Waals surface area contributed by atoms with Crippen LogP contribution in [0.1, 0.15) is 11.1 Å². The summed E-state index contributed by atoms with van der Waals surface area (Å²) < 4.78 is 22.7. The summed E-state index contributed by atoms with van der Waals surface area (Å²) in [5, 5.41) is 1.22. The maximum absolute atomic E-state index is 12.9. The summed E-state index contributed by atoms with van der Waals surface area (Å²) in [6.45, 7) is 2.56. The van der Waals surface area contributed by atoms with Crippen LogP contribution in [0.4, 0.5) is 5.69 Å². The molecule has 1 aliphatic heterocycles. The van der Waals surface area contributed by atoms with E-state index < -0.39 is 11.8 Å². The predicted molar refractivity (Wildman–Crippen MR) is 132 cm³/mol. The lowest BCUT2D eigenvalue weighted by atomic mass is 10.1. The summed E-state index contributed by atoms with van der Waals surface area (Å²) >= 11 is 0. The molecule has 2 amide bonds. The molecule has 1 fully saturated rings. The molecule has 0 spiro atoms. The fourth-order valence-corrected chi connectivity index (χ4v) is 3.62. The molecule has 1 aliphatic rings. The number of aryl methyl sites for hydroxylation is 1. The van der Waals surface area contributed by atoms with Crippen molar-refractivity contribution in [1.29, 1.82) is 0 Å². The van der Waals surface area contributed by atoms with E-state index in [2.05, 4.69) is 5.43 Å². The van der Waals surface area contributed by atoms with Crippen molar-refractivity contribution in [3.63, 3.8) is 0 Å². The van der Waals surface area contributed by atoms with E-state index in [9.17, 15) is 9.59 Å². The molecule has 3 aromatic rings. The first-order valence-corrected chi connectivity index (χ1v) is 11.0. The molecule has 0 aromatic heterocycles. The molecular weight excluding hydrogens is 448 g/mol. The zero-order valence-electron chi connectivity index (χ0n) is 19.7. The molecule has 0 radical (unpaired) electrons. The number of nitrogens with one attached hydrogen (secondary N) is 1. The summed E-state index contributed by atoms with van der Waals surface area (Å²) in [5.74, 6) is 1.05. The van der Waals surface area contributed by atoms with Crippen LogP contribution in [0.15, 0.2) is 72.3 Å². The number of carbonyl (C=O) groups is 2. The van der Waals surface area contributed by atoms with E-state index in [1.165, 1.54) is 25.3 Å². The molecule has 8 nitrogen and oxygen atoms in total. The number of rotatable bonds is 9. The van der Waals surface area contributed by atoms with Gasteiger partial charge in [0, 0.05) is 0 Å². The summed E-state index contributed by atoms with van der Waals surface area (Å²) in [6.07, 6.45) is 1.50. The minimum absolute atomic E-state index is 0.00161. The van der Waals surface area contributed by atoms with Crippen LogP contribution in [-0.2, 0) is 9.59 Å². The molecular formula is C27H26N2O6. The van der Waals surface area contributed by atoms with Crippen LogP contribution in [0, 0.1) is 6.92 Å². The highest BCUT2D eigenvalue weighted by Crippen LogP contribution is 2.39. The topological polar surface area (TPSA) is 86.3 Å². The van der Waals surface area contributed by atoms with Crippen molar-refractivity contribution in [3.05, 3.63) is 83.4 Å². The average molecular weight is 475 g/mol. The quantitative estimate of drug-likeness (QED) is 0.287. The lowest BCUT2D eigenvalue weighted by Gasteiger charge is -2.16. The summed E-state index contributed by atoms with van der Waals surface area (Å²) in [7, 11) is 3.01. The van der Waals surface area contributed by atoms with Crippen molar-refractivity contribution in [2.45, 2.75) is 6.92 Å². The maximum Gasteiger partial charge on any atom is 0.282 e. The highest BCUT2D eigenvalue weighted by Gasteiger charge is 2.34. The first-order chi connectivity index (χ1) is 17.0. The van der Waals surface area contributed by atoms with Crippen LogP contribution >= 0.6 is 0 Å². The zero-order chi connectivity index (χ0) is 24.8. The Morgan fingerprint density at radius 3 is 2.11 bits per heavy atom. The smallest absolute Gasteiger partial charge is 0.282 e. The van der Waals surface area contributed by atoms with Crippen LogP contribution in [-0.4, -0.2) is 39.2 Å². The molecule has 0 atom stereocenters. The third kappa shape index (κ3) is 5.22. The molecule has 1 saturated heterocycles. The second-order valence-corrected chi connectivity index (χ2v) is 7.69. The van der Waals surface area contributed by atoms with E-state index in [-0.39, 0.29) is 12.2 Å². The minimum atomic E-state index is -0.495. The lowest BCUT2D eigenvalue weighted by Crippen LogP contribution is -2.35. The molecule has 4 rings (SSSR count). The molecule has 3 aromatic carbocycles. The number of amides is 2. The van der Waals surface area contributed by atoms with Gasteiger partial charge in [-0.2, -0.15) is 0 Å². The molecule has 0 unspecified atom stereocenters. The Morgan fingerprint density at radius 1 is 0.829 bits per heavy atom. The van der Waals surface area contributed by atoms with Crippen molar-refractivity contribution in [2.75, 3.05) is 32.4 Å². The molecule has 35 heavy (non-hydrogen) atoms. The Hall–Kier alpha value is -4.46. The summed E-state index contributed by atoms with van der Waals surface area (Å²) in [4.78, 5) is 25.4. The average Bonchev–Trinajstić information content (AvgIpc) is 3.16. The SMILES string of the molecule is COc1cc(C=C2C(=O)NN(c3ccccc3)C2=O)cc(OC)c1OCCOc1ccccc1C. The first-order valence-electron chi connectivity index (χ1n) is 11.0. The van der Waals surface area contributed by atoms with E-state index in [1.807, 2.05) is 37.3 Å². The first kappa shape index (κ1) is 23.7. The van der Waals surface area contributed by atoms with Crippen LogP contribution in [0.3, 0.4) is 0 Å². The Balaban J connectivity index is 1.52. The summed E-state index contributed by atoms with van der Waals surface area (Å²) in [6, 6.07) is 20.0. The van der Waals surface area contributed by atoms with Crippen LogP contribution in [0.2, 0.25) is 0 Å². The van der Waals surface area contributed by atoms with Gasteiger partial charge in [0.05, 0.1) is 19.9 Å². The predicted octanol–water partition coefficient (Wildman–Crippen LogP) is 3.93. The standard InChI is InChI=1S/C27H26N2O6/c1-18-9-7-8-12-22(18)34-13-14-35-25-23(32-2)16-19(17-24(25)33-3)15-21-26(30)28-29(27(21)31)20-10-5-4-6-11-20/h4-12,15-17H,13-14H2,1-3H3,(H,28,30). The van der Waals surface area contributed by atoms with Crippen molar-refractivity contribution in [3.8, 4) is 23.0 Å². The van der Waals surface area contributed by atoms with Gasteiger partial charge in [-0.1, -0.05) is 36.4 Å². The van der Waals surface area contributed by atoms with E-state index in [4.69, 9.17) is 18.9 Å². The fraction of sp³-hybridized carbons (Fsp3) is 0.185. The minimum Gasteiger partial charge on any atom is -0.493 e. The Labute approximate surface area is 203 Å². The highest BCUT2D eigenvalue weighted by molar-refractivity contribution is 6.31. The molecule has 0 bridgehead atoms. The molecule has 1 heterocycles. The largest absolute Gasteiger partial charge is 0.493 e. The van der Waals surface area contributed by atoms with Gasteiger partial charge in [-0.3, -0.25) is 15.0 Å². The molecule has 1 N–H and O–H groups in total. The van der Waals surface area contributed by atoms with Gasteiger partial charge >= 0.3 is 0 Å². The van der Waals surface area contributed by atoms with Crippen molar-refractivity contribution in [1.82, 2.24) is 5.43 Å². The van der Waals surface area contributed by atoms with Crippen molar-refractivity contribution < 1.29 is 28.5 Å². The van der Waals surface area contributed by atoms with Gasteiger partial charge in [-0.15, -0.1) is 0 Å². The number of methoxy groups -OCH3 is 2. The van der Waals surface area contributed by atoms with Crippen molar-refractivity contribution >= 4 is 23.6 Å². The van der Waals surface area contributed by atoms with E-state index in [1.54, 1.807) is 36.4 Å². The number of hydrogen-bond acceptors (Lipinski definition) is 6. The zero-order valence-corrected chi connectivity index (χ0v) is 19.7. The number of carbonyl (C=O) groups excluding carboxylic acids is 2. The molecule has 0 saturated carbocycles. The van der Waals surface area contributed by atoms with Gasteiger partial charge in [0.1, 0.15) is 24.5 Å². The normalized spacial score (nSPS) is 14.1. The molecule has 8 heteroatoms. The number of anilines is 1. The third-order valence-corrected chi connectivity index (χ3v) is 5.38. The maximum atomic E-state index is 12.9. The van der Waals surface area contributed by atoms with Gasteiger partial charge in [0.25, 0.3) is 11.8 Å². The number of hydrogen-bond donors (Lipinski definition) is 1. The van der Waals surface area contributed by atoms with E-state index in [0.29, 0.717) is 35.1 Å². The Bertz CT molecular complexity index is 1230. The number of ether oxygens (including phenoxy) is 4. The van der Waals surface area contributed by atoms with Gasteiger partial charge < -0.3 is 18.9 Å². The monoisotopic (exact) mass is 474 g/mol. The van der Waals surface area contributed by atoms with Gasteiger partial charge in [0.15, 0.2) is 11.5 Å². The number of nitrogens with zero attached hydrogens (tertiary/aromatic N) is 1. The number of para-hydroxylation sites is 2. The van der Waals surface area contributed by atoms with Crippen LogP contribution < -0.4 is 29.4 Å². The van der Waals surface area contributed by atoms with Crippen LogP contribution in [0.5, 0.6) is 23.0 Å². The number of benzene rings is 3. The van der Waals surface area contributed by atoms with Gasteiger partial charge in [-0.25, -0.2) is 5.01 Å². The summed E-state index contributed by atoms with van der Waals surface area (Å²) in [5.41, 5.74) is 4.74. The number of hydrazine groups is 1. The lowest BCUT2D eigenvalue weighted by molar-refractivity contribution is -0.117. The Morgan fingerprint density at radius 2 is 1.46 bits per heavy atom. The molecule has 0 aliphatic carbocycles. The van der Waals surface area contributed by atoms with E-state index >= 15 is 0 Å². The third-order valence-electron chi connectivity index (χ3n) is 5.38. The van der Waals surface area contributed by atoms with Gasteiger partial charge in [-0.05, 0) is 54.5 Å². The van der Waals surface area contributed by atoms with Crippen molar-refractivity contribution in [2.24, 2.45) is 0 Å². The highest BCUT2D eigenvalue weighted by atomic mass is 16.6. The second-order valence-electron chi connectivity index (χ2n) is 7.69. The van der Waals surface area contributed by atoms with Gasteiger partial charge in [0.2, 0.25) is 5.75 Å². The second kappa shape index (κ2) is 10.6. The van der Waals surface area contributed by atoms with Crippen LogP contribution in [0.25, 0.3) is 6.08 Å².